The summed E-state index contributed by atoms with van der Waals surface area (Å²) in [6.07, 6.45) is 2.89. The van der Waals surface area contributed by atoms with Gasteiger partial charge in [0.25, 0.3) is 11.8 Å². The SMILES string of the molecule is Cc1ccc(N2C(=O)CC(NNC(=O)c3cccnc3)C2=O)cc1Cl. The van der Waals surface area contributed by atoms with Gasteiger partial charge in [0.15, 0.2) is 0 Å². The van der Waals surface area contributed by atoms with Crippen LogP contribution in [0.4, 0.5) is 5.69 Å². The van der Waals surface area contributed by atoms with Gasteiger partial charge >= 0.3 is 0 Å². The summed E-state index contributed by atoms with van der Waals surface area (Å²) in [7, 11) is 0. The fraction of sp³-hybridized carbons (Fsp3) is 0.176. The Balaban J connectivity index is 1.69. The molecular weight excluding hydrogens is 344 g/mol. The van der Waals surface area contributed by atoms with E-state index in [1.54, 1.807) is 36.5 Å². The Kier molecular flexibility index (Phi) is 4.78. The van der Waals surface area contributed by atoms with Crippen LogP contribution in [0.3, 0.4) is 0 Å². The van der Waals surface area contributed by atoms with Gasteiger partial charge in [0, 0.05) is 17.4 Å². The van der Waals surface area contributed by atoms with Crippen molar-refractivity contribution in [3.8, 4) is 0 Å². The second-order valence-corrected chi connectivity index (χ2v) is 6.00. The lowest BCUT2D eigenvalue weighted by molar-refractivity contribution is -0.121. The largest absolute Gasteiger partial charge is 0.287 e. The van der Waals surface area contributed by atoms with E-state index in [0.29, 0.717) is 16.3 Å². The van der Waals surface area contributed by atoms with Gasteiger partial charge in [0.1, 0.15) is 6.04 Å². The number of carbonyl (C=O) groups is 3. The maximum absolute atomic E-state index is 12.5. The van der Waals surface area contributed by atoms with Crippen LogP contribution in [0.5, 0.6) is 0 Å². The number of nitrogens with one attached hydrogen (secondary N) is 2. The number of imide groups is 1. The van der Waals surface area contributed by atoms with Crippen LogP contribution in [-0.2, 0) is 9.59 Å². The van der Waals surface area contributed by atoms with Crippen molar-refractivity contribution >= 4 is 35.0 Å². The topological polar surface area (TPSA) is 91.4 Å². The van der Waals surface area contributed by atoms with Crippen molar-refractivity contribution in [3.63, 3.8) is 0 Å². The monoisotopic (exact) mass is 358 g/mol. The van der Waals surface area contributed by atoms with Crippen molar-refractivity contribution < 1.29 is 14.4 Å². The number of hydrogen-bond acceptors (Lipinski definition) is 5. The molecule has 1 aromatic heterocycles. The first-order chi connectivity index (χ1) is 12.0. The summed E-state index contributed by atoms with van der Waals surface area (Å²) in [4.78, 5) is 41.6. The molecule has 8 heteroatoms. The Morgan fingerprint density at radius 2 is 2.12 bits per heavy atom. The highest BCUT2D eigenvalue weighted by Crippen LogP contribution is 2.27. The number of hydrazine groups is 1. The average molecular weight is 359 g/mol. The van der Waals surface area contributed by atoms with E-state index in [2.05, 4.69) is 15.8 Å². The predicted octanol–water partition coefficient (Wildman–Crippen LogP) is 1.61. The van der Waals surface area contributed by atoms with E-state index in [1.165, 1.54) is 6.20 Å². The van der Waals surface area contributed by atoms with Crippen molar-refractivity contribution in [2.24, 2.45) is 0 Å². The molecule has 3 amide bonds. The Morgan fingerprint density at radius 1 is 1.32 bits per heavy atom. The van der Waals surface area contributed by atoms with Crippen LogP contribution in [0, 0.1) is 6.92 Å². The van der Waals surface area contributed by atoms with Gasteiger partial charge in [-0.1, -0.05) is 17.7 Å². The molecule has 2 aromatic rings. The Bertz CT molecular complexity index is 841. The van der Waals surface area contributed by atoms with Crippen molar-refractivity contribution in [2.45, 2.75) is 19.4 Å². The zero-order valence-corrected chi connectivity index (χ0v) is 14.1. The minimum atomic E-state index is -0.840. The van der Waals surface area contributed by atoms with Gasteiger partial charge in [-0.05, 0) is 36.8 Å². The molecular formula is C17H15ClN4O3. The van der Waals surface area contributed by atoms with E-state index in [0.717, 1.165) is 10.5 Å². The lowest BCUT2D eigenvalue weighted by atomic mass is 10.2. The third-order valence-corrected chi connectivity index (χ3v) is 4.25. The molecule has 0 aliphatic carbocycles. The maximum atomic E-state index is 12.5. The number of carbonyl (C=O) groups excluding carboxylic acids is 3. The maximum Gasteiger partial charge on any atom is 0.266 e. The third-order valence-electron chi connectivity index (χ3n) is 3.84. The Labute approximate surface area is 149 Å². The van der Waals surface area contributed by atoms with Gasteiger partial charge in [-0.3, -0.25) is 24.8 Å². The van der Waals surface area contributed by atoms with Gasteiger partial charge in [-0.2, -0.15) is 0 Å². The summed E-state index contributed by atoms with van der Waals surface area (Å²) in [6, 6.07) is 7.35. The molecule has 1 fully saturated rings. The van der Waals surface area contributed by atoms with E-state index >= 15 is 0 Å². The summed E-state index contributed by atoms with van der Waals surface area (Å²) in [5.41, 5.74) is 6.65. The number of nitrogens with zero attached hydrogens (tertiary/aromatic N) is 2. The molecule has 1 unspecified atom stereocenters. The van der Waals surface area contributed by atoms with E-state index in [9.17, 15) is 14.4 Å². The number of aromatic nitrogens is 1. The normalized spacial score (nSPS) is 17.0. The molecule has 3 rings (SSSR count). The summed E-state index contributed by atoms with van der Waals surface area (Å²) in [5.74, 6) is -1.25. The number of amides is 3. The van der Waals surface area contributed by atoms with Crippen LogP contribution in [0.2, 0.25) is 5.02 Å². The number of benzene rings is 1. The van der Waals surface area contributed by atoms with Crippen LogP contribution in [0.1, 0.15) is 22.3 Å². The molecule has 1 aliphatic heterocycles. The van der Waals surface area contributed by atoms with Gasteiger partial charge in [-0.15, -0.1) is 0 Å². The summed E-state index contributed by atoms with van der Waals surface area (Å²) < 4.78 is 0. The number of pyridine rings is 1. The van der Waals surface area contributed by atoms with Gasteiger partial charge < -0.3 is 0 Å². The van der Waals surface area contributed by atoms with Crippen LogP contribution < -0.4 is 15.8 Å². The van der Waals surface area contributed by atoms with Crippen molar-refractivity contribution in [1.82, 2.24) is 15.8 Å². The summed E-state index contributed by atoms with van der Waals surface area (Å²) >= 11 is 6.07. The quantitative estimate of drug-likeness (QED) is 0.640. The molecule has 0 spiro atoms. The molecule has 128 valence electrons. The smallest absolute Gasteiger partial charge is 0.266 e. The van der Waals surface area contributed by atoms with E-state index in [-0.39, 0.29) is 12.3 Å². The summed E-state index contributed by atoms with van der Waals surface area (Å²) in [5, 5.41) is 0.472. The number of halogens is 1. The molecule has 1 saturated heterocycles. The fourth-order valence-corrected chi connectivity index (χ4v) is 2.63. The second-order valence-electron chi connectivity index (χ2n) is 5.60. The van der Waals surface area contributed by atoms with Crippen molar-refractivity contribution in [1.29, 1.82) is 0 Å². The lowest BCUT2D eigenvalue weighted by Crippen LogP contribution is -2.48. The molecule has 25 heavy (non-hydrogen) atoms. The predicted molar refractivity (Wildman–Crippen MR) is 91.9 cm³/mol. The Hall–Kier alpha value is -2.77. The molecule has 2 N–H and O–H groups in total. The molecule has 1 aromatic carbocycles. The number of hydrogen-bond donors (Lipinski definition) is 2. The van der Waals surface area contributed by atoms with Crippen LogP contribution in [-0.4, -0.2) is 28.7 Å². The second kappa shape index (κ2) is 7.00. The molecule has 1 aliphatic rings. The van der Waals surface area contributed by atoms with Crippen LogP contribution in [0.15, 0.2) is 42.7 Å². The molecule has 0 saturated carbocycles. The van der Waals surface area contributed by atoms with Crippen molar-refractivity contribution in [2.75, 3.05) is 4.90 Å². The lowest BCUT2D eigenvalue weighted by Gasteiger charge is -2.16. The first-order valence-electron chi connectivity index (χ1n) is 7.56. The zero-order valence-electron chi connectivity index (χ0n) is 13.3. The molecule has 1 atom stereocenters. The van der Waals surface area contributed by atoms with Crippen LogP contribution >= 0.6 is 11.6 Å². The van der Waals surface area contributed by atoms with E-state index in [1.807, 2.05) is 6.92 Å². The minimum absolute atomic E-state index is 0.0579. The zero-order chi connectivity index (χ0) is 18.0. The number of rotatable bonds is 4. The number of aryl methyl sites for hydroxylation is 1. The highest BCUT2D eigenvalue weighted by molar-refractivity contribution is 6.32. The van der Waals surface area contributed by atoms with E-state index < -0.39 is 17.9 Å². The van der Waals surface area contributed by atoms with Crippen LogP contribution in [0.25, 0.3) is 0 Å². The molecule has 7 nitrogen and oxygen atoms in total. The highest BCUT2D eigenvalue weighted by atomic mass is 35.5. The van der Waals surface area contributed by atoms with Gasteiger partial charge in [0.2, 0.25) is 5.91 Å². The van der Waals surface area contributed by atoms with Gasteiger partial charge in [-0.25, -0.2) is 10.3 Å². The van der Waals surface area contributed by atoms with Gasteiger partial charge in [0.05, 0.1) is 17.7 Å². The molecule has 2 heterocycles. The Morgan fingerprint density at radius 3 is 2.80 bits per heavy atom. The standard InChI is InChI=1S/C17H15ClN4O3/c1-10-4-5-12(7-13(10)18)22-15(23)8-14(17(22)25)20-21-16(24)11-3-2-6-19-9-11/h2-7,9,14,20H,8H2,1H3,(H,21,24). The average Bonchev–Trinajstić information content (AvgIpc) is 2.90. The summed E-state index contributed by atoms with van der Waals surface area (Å²) in [6.45, 7) is 1.83. The minimum Gasteiger partial charge on any atom is -0.287 e. The third kappa shape index (κ3) is 3.52. The van der Waals surface area contributed by atoms with Crippen molar-refractivity contribution in [3.05, 3.63) is 58.9 Å². The van der Waals surface area contributed by atoms with E-state index in [4.69, 9.17) is 11.6 Å². The first-order valence-corrected chi connectivity index (χ1v) is 7.94. The first kappa shape index (κ1) is 17.1. The fourth-order valence-electron chi connectivity index (χ4n) is 2.46. The number of anilines is 1. The molecule has 0 radical (unpaired) electrons. The molecule has 0 bridgehead atoms. The highest BCUT2D eigenvalue weighted by Gasteiger charge is 2.39.